The van der Waals surface area contributed by atoms with Gasteiger partial charge in [0.25, 0.3) is 0 Å². The number of rotatable bonds is 4. The highest BCUT2D eigenvalue weighted by molar-refractivity contribution is 5.92. The third-order valence-electron chi connectivity index (χ3n) is 3.90. The van der Waals surface area contributed by atoms with Crippen molar-refractivity contribution < 1.29 is 4.79 Å². The first kappa shape index (κ1) is 18.0. The summed E-state index contributed by atoms with van der Waals surface area (Å²) in [5.74, 6) is 0.0635. The summed E-state index contributed by atoms with van der Waals surface area (Å²) >= 11 is 0. The molecule has 0 aromatic heterocycles. The molecule has 1 aromatic rings. The van der Waals surface area contributed by atoms with Crippen LogP contribution in [0.2, 0.25) is 0 Å². The molecule has 2 N–H and O–H groups in total. The van der Waals surface area contributed by atoms with Crippen molar-refractivity contribution in [2.75, 3.05) is 32.0 Å². The second kappa shape index (κ2) is 9.03. The third kappa shape index (κ3) is 6.04. The van der Waals surface area contributed by atoms with E-state index in [-0.39, 0.29) is 18.3 Å². The van der Waals surface area contributed by atoms with E-state index < -0.39 is 0 Å². The first-order valence-electron chi connectivity index (χ1n) is 7.42. The van der Waals surface area contributed by atoms with Crippen LogP contribution in [0.4, 0.5) is 5.69 Å². The van der Waals surface area contributed by atoms with Crippen molar-refractivity contribution in [1.82, 2.24) is 10.2 Å². The number of halogens is 1. The van der Waals surface area contributed by atoms with E-state index in [9.17, 15) is 4.79 Å². The van der Waals surface area contributed by atoms with Gasteiger partial charge in [0.2, 0.25) is 5.91 Å². The van der Waals surface area contributed by atoms with Crippen molar-refractivity contribution in [3.05, 3.63) is 29.8 Å². The van der Waals surface area contributed by atoms with E-state index in [1.807, 2.05) is 38.2 Å². The van der Waals surface area contributed by atoms with Crippen molar-refractivity contribution in [1.29, 1.82) is 0 Å². The van der Waals surface area contributed by atoms with Gasteiger partial charge in [-0.25, -0.2) is 0 Å². The maximum atomic E-state index is 12.1. The van der Waals surface area contributed by atoms with E-state index in [4.69, 9.17) is 0 Å². The van der Waals surface area contributed by atoms with Gasteiger partial charge < -0.3 is 10.6 Å². The number of carbonyl (C=O) groups is 1. The lowest BCUT2D eigenvalue weighted by Crippen LogP contribution is -2.38. The van der Waals surface area contributed by atoms with Crippen molar-refractivity contribution in [3.8, 4) is 0 Å². The summed E-state index contributed by atoms with van der Waals surface area (Å²) in [6, 6.07) is 8.42. The Balaban J connectivity index is 0.00000220. The average molecular weight is 312 g/mol. The van der Waals surface area contributed by atoms with Crippen LogP contribution in [0.15, 0.2) is 24.3 Å². The Morgan fingerprint density at radius 2 is 2.00 bits per heavy atom. The minimum atomic E-state index is 0. The van der Waals surface area contributed by atoms with Gasteiger partial charge in [-0.1, -0.05) is 17.7 Å². The summed E-state index contributed by atoms with van der Waals surface area (Å²) in [6.07, 6.45) is 3.48. The van der Waals surface area contributed by atoms with Crippen LogP contribution >= 0.6 is 12.4 Å². The molecule has 1 saturated heterocycles. The zero-order valence-corrected chi connectivity index (χ0v) is 13.7. The zero-order valence-electron chi connectivity index (χ0n) is 12.9. The lowest BCUT2D eigenvalue weighted by atomic mass is 10.1. The van der Waals surface area contributed by atoms with Crippen LogP contribution in [-0.2, 0) is 4.79 Å². The molecular formula is C16H26ClN3O. The molecule has 1 unspecified atom stereocenters. The van der Waals surface area contributed by atoms with E-state index in [2.05, 4.69) is 15.5 Å². The van der Waals surface area contributed by atoms with Gasteiger partial charge in [0.05, 0.1) is 6.54 Å². The smallest absolute Gasteiger partial charge is 0.238 e. The average Bonchev–Trinajstić information content (AvgIpc) is 2.70. The van der Waals surface area contributed by atoms with Crippen molar-refractivity contribution >= 4 is 24.0 Å². The Kier molecular flexibility index (Phi) is 7.72. The number of nitrogens with one attached hydrogen (secondary N) is 2. The van der Waals surface area contributed by atoms with Gasteiger partial charge in [-0.2, -0.15) is 0 Å². The molecule has 1 aliphatic heterocycles. The second-order valence-corrected chi connectivity index (χ2v) is 5.66. The predicted octanol–water partition coefficient (Wildman–Crippen LogP) is 2.43. The van der Waals surface area contributed by atoms with Gasteiger partial charge in [-0.05, 0) is 58.5 Å². The normalized spacial score (nSPS) is 18.7. The van der Waals surface area contributed by atoms with Gasteiger partial charge in [0.1, 0.15) is 0 Å². The SMILES string of the molecule is Cc1ccc(NC(=O)CN(C)C2CCCNCC2)cc1.Cl. The van der Waals surface area contributed by atoms with E-state index in [1.165, 1.54) is 18.4 Å². The lowest BCUT2D eigenvalue weighted by molar-refractivity contribution is -0.117. The number of likely N-dealkylation sites (N-methyl/N-ethyl adjacent to an activating group) is 1. The van der Waals surface area contributed by atoms with Gasteiger partial charge in [0, 0.05) is 11.7 Å². The summed E-state index contributed by atoms with van der Waals surface area (Å²) in [7, 11) is 2.05. The highest BCUT2D eigenvalue weighted by atomic mass is 35.5. The molecule has 2 rings (SSSR count). The standard InChI is InChI=1S/C16H25N3O.ClH/c1-13-5-7-14(8-6-13)18-16(20)12-19(2)15-4-3-10-17-11-9-15;/h5-8,15,17H,3-4,9-12H2,1-2H3,(H,18,20);1H. The Hall–Kier alpha value is -1.10. The molecule has 1 aromatic carbocycles. The largest absolute Gasteiger partial charge is 0.325 e. The van der Waals surface area contributed by atoms with Crippen molar-refractivity contribution in [2.45, 2.75) is 32.2 Å². The lowest BCUT2D eigenvalue weighted by Gasteiger charge is -2.26. The van der Waals surface area contributed by atoms with Crippen LogP contribution in [0.25, 0.3) is 0 Å². The van der Waals surface area contributed by atoms with Crippen LogP contribution in [0.5, 0.6) is 0 Å². The summed E-state index contributed by atoms with van der Waals surface area (Å²) in [5.41, 5.74) is 2.07. The number of benzene rings is 1. The van der Waals surface area contributed by atoms with Gasteiger partial charge in [-0.3, -0.25) is 9.69 Å². The van der Waals surface area contributed by atoms with E-state index >= 15 is 0 Å². The maximum Gasteiger partial charge on any atom is 0.238 e. The minimum Gasteiger partial charge on any atom is -0.325 e. The Bertz CT molecular complexity index is 428. The number of amides is 1. The van der Waals surface area contributed by atoms with E-state index in [0.717, 1.165) is 25.2 Å². The number of hydrogen-bond donors (Lipinski definition) is 2. The first-order valence-corrected chi connectivity index (χ1v) is 7.42. The van der Waals surface area contributed by atoms with Crippen LogP contribution < -0.4 is 10.6 Å². The maximum absolute atomic E-state index is 12.1. The number of anilines is 1. The second-order valence-electron chi connectivity index (χ2n) is 5.66. The summed E-state index contributed by atoms with van der Waals surface area (Å²) < 4.78 is 0. The van der Waals surface area contributed by atoms with E-state index in [0.29, 0.717) is 12.6 Å². The molecule has 1 atom stereocenters. The number of nitrogens with zero attached hydrogens (tertiary/aromatic N) is 1. The minimum absolute atomic E-state index is 0. The van der Waals surface area contributed by atoms with Crippen molar-refractivity contribution in [3.63, 3.8) is 0 Å². The molecule has 4 nitrogen and oxygen atoms in total. The highest BCUT2D eigenvalue weighted by Gasteiger charge is 2.18. The molecule has 1 heterocycles. The predicted molar refractivity (Wildman–Crippen MR) is 90.2 cm³/mol. The van der Waals surface area contributed by atoms with Crippen LogP contribution in [0.1, 0.15) is 24.8 Å². The van der Waals surface area contributed by atoms with Crippen LogP contribution in [-0.4, -0.2) is 43.5 Å². The Morgan fingerprint density at radius 3 is 2.71 bits per heavy atom. The molecule has 0 aliphatic carbocycles. The molecule has 0 radical (unpaired) electrons. The molecular weight excluding hydrogens is 286 g/mol. The zero-order chi connectivity index (χ0) is 14.4. The van der Waals surface area contributed by atoms with Gasteiger partial charge in [-0.15, -0.1) is 12.4 Å². The summed E-state index contributed by atoms with van der Waals surface area (Å²) in [5, 5.41) is 6.36. The quantitative estimate of drug-likeness (QED) is 0.897. The molecule has 0 bridgehead atoms. The number of hydrogen-bond acceptors (Lipinski definition) is 3. The summed E-state index contributed by atoms with van der Waals surface area (Å²) in [6.45, 7) is 4.65. The fourth-order valence-corrected chi connectivity index (χ4v) is 2.63. The first-order chi connectivity index (χ1) is 9.65. The summed E-state index contributed by atoms with van der Waals surface area (Å²) in [4.78, 5) is 14.2. The molecule has 118 valence electrons. The Labute approximate surface area is 133 Å². The van der Waals surface area contributed by atoms with E-state index in [1.54, 1.807) is 0 Å². The van der Waals surface area contributed by atoms with Crippen LogP contribution in [0.3, 0.4) is 0 Å². The van der Waals surface area contributed by atoms with Crippen molar-refractivity contribution in [2.24, 2.45) is 0 Å². The number of carbonyl (C=O) groups excluding carboxylic acids is 1. The molecule has 0 saturated carbocycles. The molecule has 1 fully saturated rings. The molecule has 1 amide bonds. The number of aryl methyl sites for hydroxylation is 1. The molecule has 0 spiro atoms. The topological polar surface area (TPSA) is 44.4 Å². The molecule has 1 aliphatic rings. The van der Waals surface area contributed by atoms with Gasteiger partial charge in [0.15, 0.2) is 0 Å². The monoisotopic (exact) mass is 311 g/mol. The fraction of sp³-hybridized carbons (Fsp3) is 0.562. The molecule has 21 heavy (non-hydrogen) atoms. The third-order valence-corrected chi connectivity index (χ3v) is 3.90. The van der Waals surface area contributed by atoms with Gasteiger partial charge >= 0.3 is 0 Å². The molecule has 5 heteroatoms. The highest BCUT2D eigenvalue weighted by Crippen LogP contribution is 2.12. The van der Waals surface area contributed by atoms with Crippen LogP contribution in [0, 0.1) is 6.92 Å². The Morgan fingerprint density at radius 1 is 1.29 bits per heavy atom. The fourth-order valence-electron chi connectivity index (χ4n) is 2.63.